The molecule has 0 aliphatic rings. The van der Waals surface area contributed by atoms with Crippen LogP contribution in [-0.2, 0) is 4.79 Å². The van der Waals surface area contributed by atoms with Gasteiger partial charge in [0, 0.05) is 18.0 Å². The molecule has 2 aromatic rings. The van der Waals surface area contributed by atoms with E-state index in [4.69, 9.17) is 0 Å². The second-order valence-electron chi connectivity index (χ2n) is 5.87. The van der Waals surface area contributed by atoms with E-state index in [-0.39, 0.29) is 24.3 Å². The normalized spacial score (nSPS) is 11.6. The molecule has 0 aromatic heterocycles. The van der Waals surface area contributed by atoms with Crippen LogP contribution in [0.3, 0.4) is 0 Å². The highest BCUT2D eigenvalue weighted by Gasteiger charge is 2.12. The minimum atomic E-state index is -0.236. The Hall–Kier alpha value is -2.62. The molecular weight excluding hydrogens is 300 g/mol. The molecule has 126 valence electrons. The zero-order chi connectivity index (χ0) is 17.4. The maximum Gasteiger partial charge on any atom is 0.251 e. The number of carbonyl (C=O) groups is 2. The van der Waals surface area contributed by atoms with E-state index in [2.05, 4.69) is 29.7 Å². The van der Waals surface area contributed by atoms with Crippen LogP contribution in [0.2, 0.25) is 0 Å². The van der Waals surface area contributed by atoms with Crippen molar-refractivity contribution in [2.24, 2.45) is 0 Å². The summed E-state index contributed by atoms with van der Waals surface area (Å²) in [7, 11) is 0. The molecule has 2 aromatic carbocycles. The molecule has 0 spiro atoms. The summed E-state index contributed by atoms with van der Waals surface area (Å²) in [5, 5.41) is 5.54. The van der Waals surface area contributed by atoms with Crippen LogP contribution < -0.4 is 10.6 Å². The monoisotopic (exact) mass is 324 g/mol. The summed E-state index contributed by atoms with van der Waals surface area (Å²) in [6.45, 7) is 4.62. The molecule has 2 amide bonds. The van der Waals surface area contributed by atoms with Crippen molar-refractivity contribution in [2.45, 2.75) is 26.2 Å². The molecule has 0 fully saturated rings. The first kappa shape index (κ1) is 17.7. The van der Waals surface area contributed by atoms with Gasteiger partial charge in [0.2, 0.25) is 5.91 Å². The van der Waals surface area contributed by atoms with E-state index in [0.29, 0.717) is 12.1 Å². The van der Waals surface area contributed by atoms with Crippen LogP contribution in [0.15, 0.2) is 54.6 Å². The third-order valence-electron chi connectivity index (χ3n) is 4.03. The Kier molecular flexibility index (Phi) is 6.55. The van der Waals surface area contributed by atoms with Crippen molar-refractivity contribution < 1.29 is 9.59 Å². The number of rotatable bonds is 7. The molecule has 0 heterocycles. The Bertz CT molecular complexity index is 666. The van der Waals surface area contributed by atoms with Gasteiger partial charge in [0.05, 0.1) is 6.54 Å². The molecule has 1 unspecified atom stereocenters. The van der Waals surface area contributed by atoms with Crippen LogP contribution in [0.25, 0.3) is 0 Å². The SMILES string of the molecule is CCC(CNC(=O)CNC(=O)c1ccc(C)cc1)c1ccccc1. The summed E-state index contributed by atoms with van der Waals surface area (Å²) < 4.78 is 0. The average Bonchev–Trinajstić information content (AvgIpc) is 2.61. The van der Waals surface area contributed by atoms with Crippen LogP contribution in [0.4, 0.5) is 0 Å². The third-order valence-corrected chi connectivity index (χ3v) is 4.03. The predicted octanol–water partition coefficient (Wildman–Crippen LogP) is 3.03. The van der Waals surface area contributed by atoms with Crippen molar-refractivity contribution in [3.8, 4) is 0 Å². The quantitative estimate of drug-likeness (QED) is 0.822. The highest BCUT2D eigenvalue weighted by Crippen LogP contribution is 2.17. The van der Waals surface area contributed by atoms with Crippen molar-refractivity contribution >= 4 is 11.8 Å². The van der Waals surface area contributed by atoms with Gasteiger partial charge in [-0.3, -0.25) is 9.59 Å². The van der Waals surface area contributed by atoms with Crippen molar-refractivity contribution in [3.05, 3.63) is 71.3 Å². The van der Waals surface area contributed by atoms with Gasteiger partial charge in [0.1, 0.15) is 0 Å². The highest BCUT2D eigenvalue weighted by molar-refractivity contribution is 5.96. The van der Waals surface area contributed by atoms with Gasteiger partial charge in [-0.15, -0.1) is 0 Å². The number of amides is 2. The number of aryl methyl sites for hydroxylation is 1. The Labute approximate surface area is 143 Å². The molecule has 0 radical (unpaired) electrons. The summed E-state index contributed by atoms with van der Waals surface area (Å²) in [4.78, 5) is 23.9. The lowest BCUT2D eigenvalue weighted by Crippen LogP contribution is -2.38. The molecule has 1 atom stereocenters. The van der Waals surface area contributed by atoms with E-state index in [1.807, 2.05) is 37.3 Å². The number of nitrogens with one attached hydrogen (secondary N) is 2. The van der Waals surface area contributed by atoms with Crippen LogP contribution in [0, 0.1) is 6.92 Å². The van der Waals surface area contributed by atoms with E-state index in [0.717, 1.165) is 12.0 Å². The fourth-order valence-corrected chi connectivity index (χ4v) is 2.49. The van der Waals surface area contributed by atoms with Crippen molar-refractivity contribution in [1.82, 2.24) is 10.6 Å². The maximum absolute atomic E-state index is 12.0. The highest BCUT2D eigenvalue weighted by atomic mass is 16.2. The summed E-state index contributed by atoms with van der Waals surface area (Å²) >= 11 is 0. The molecule has 0 saturated carbocycles. The van der Waals surface area contributed by atoms with E-state index in [1.54, 1.807) is 12.1 Å². The fourth-order valence-electron chi connectivity index (χ4n) is 2.49. The van der Waals surface area contributed by atoms with Crippen LogP contribution in [-0.4, -0.2) is 24.9 Å². The first-order valence-electron chi connectivity index (χ1n) is 8.26. The minimum Gasteiger partial charge on any atom is -0.354 e. The topological polar surface area (TPSA) is 58.2 Å². The average molecular weight is 324 g/mol. The van der Waals surface area contributed by atoms with E-state index >= 15 is 0 Å². The molecule has 0 bridgehead atoms. The Morgan fingerprint density at radius 2 is 1.62 bits per heavy atom. The third kappa shape index (κ3) is 5.23. The first-order chi connectivity index (χ1) is 11.6. The van der Waals surface area contributed by atoms with Gasteiger partial charge in [-0.2, -0.15) is 0 Å². The predicted molar refractivity (Wildman–Crippen MR) is 96.0 cm³/mol. The first-order valence-corrected chi connectivity index (χ1v) is 8.26. The van der Waals surface area contributed by atoms with Gasteiger partial charge in [-0.05, 0) is 31.0 Å². The van der Waals surface area contributed by atoms with Gasteiger partial charge in [-0.1, -0.05) is 55.0 Å². The van der Waals surface area contributed by atoms with Gasteiger partial charge in [-0.25, -0.2) is 0 Å². The molecule has 0 aliphatic carbocycles. The fraction of sp³-hybridized carbons (Fsp3) is 0.300. The summed E-state index contributed by atoms with van der Waals surface area (Å²) in [5.74, 6) is -0.131. The standard InChI is InChI=1S/C20H24N2O2/c1-3-16(17-7-5-4-6-8-17)13-21-19(23)14-22-20(24)18-11-9-15(2)10-12-18/h4-12,16H,3,13-14H2,1-2H3,(H,21,23)(H,22,24). The van der Waals surface area contributed by atoms with Gasteiger partial charge < -0.3 is 10.6 Å². The van der Waals surface area contributed by atoms with Gasteiger partial charge in [0.15, 0.2) is 0 Å². The largest absolute Gasteiger partial charge is 0.354 e. The van der Waals surface area contributed by atoms with Crippen molar-refractivity contribution in [1.29, 1.82) is 0 Å². The lowest BCUT2D eigenvalue weighted by molar-refractivity contribution is -0.120. The number of hydrogen-bond acceptors (Lipinski definition) is 2. The molecule has 2 rings (SSSR count). The lowest BCUT2D eigenvalue weighted by Gasteiger charge is -2.16. The van der Waals surface area contributed by atoms with E-state index < -0.39 is 0 Å². The van der Waals surface area contributed by atoms with E-state index in [9.17, 15) is 9.59 Å². The zero-order valence-electron chi connectivity index (χ0n) is 14.2. The zero-order valence-corrected chi connectivity index (χ0v) is 14.2. The minimum absolute atomic E-state index is 0.0159. The van der Waals surface area contributed by atoms with E-state index in [1.165, 1.54) is 5.56 Å². The Balaban J connectivity index is 1.78. The van der Waals surface area contributed by atoms with Crippen LogP contribution >= 0.6 is 0 Å². The Morgan fingerprint density at radius 1 is 0.958 bits per heavy atom. The molecule has 4 nitrogen and oxygen atoms in total. The summed E-state index contributed by atoms with van der Waals surface area (Å²) in [6, 6.07) is 17.4. The van der Waals surface area contributed by atoms with Crippen molar-refractivity contribution in [2.75, 3.05) is 13.1 Å². The molecule has 4 heteroatoms. The molecule has 0 saturated heterocycles. The lowest BCUT2D eigenvalue weighted by atomic mass is 9.96. The maximum atomic E-state index is 12.0. The number of benzene rings is 2. The second-order valence-corrected chi connectivity index (χ2v) is 5.87. The Morgan fingerprint density at radius 3 is 2.25 bits per heavy atom. The second kappa shape index (κ2) is 8.87. The number of hydrogen-bond donors (Lipinski definition) is 2. The number of carbonyl (C=O) groups excluding carboxylic acids is 2. The summed E-state index contributed by atoms with van der Waals surface area (Å²) in [5.41, 5.74) is 2.86. The molecular formula is C20H24N2O2. The molecule has 24 heavy (non-hydrogen) atoms. The van der Waals surface area contributed by atoms with Crippen LogP contribution in [0.5, 0.6) is 0 Å². The van der Waals surface area contributed by atoms with Crippen LogP contribution in [0.1, 0.15) is 40.7 Å². The smallest absolute Gasteiger partial charge is 0.251 e. The van der Waals surface area contributed by atoms with Gasteiger partial charge >= 0.3 is 0 Å². The van der Waals surface area contributed by atoms with Gasteiger partial charge in [0.25, 0.3) is 5.91 Å². The van der Waals surface area contributed by atoms with Crippen molar-refractivity contribution in [3.63, 3.8) is 0 Å². The molecule has 0 aliphatic heterocycles. The summed E-state index contributed by atoms with van der Waals surface area (Å²) in [6.07, 6.45) is 0.944. The molecule has 2 N–H and O–H groups in total.